The number of nitrogens with one attached hydrogen (secondary N) is 1. The summed E-state index contributed by atoms with van der Waals surface area (Å²) in [6.07, 6.45) is 1.59. The van der Waals surface area contributed by atoms with Gasteiger partial charge in [0, 0.05) is 5.75 Å². The van der Waals surface area contributed by atoms with Gasteiger partial charge in [-0.2, -0.15) is 5.10 Å². The number of rotatable bonds is 12. The van der Waals surface area contributed by atoms with E-state index in [1.54, 1.807) is 13.3 Å². The number of hydrogen-bond donors (Lipinski definition) is 1. The van der Waals surface area contributed by atoms with Gasteiger partial charge in [0.1, 0.15) is 12.4 Å². The molecule has 0 aliphatic rings. The van der Waals surface area contributed by atoms with E-state index in [2.05, 4.69) is 10.5 Å². The molecule has 0 aliphatic carbocycles. The van der Waals surface area contributed by atoms with Crippen LogP contribution < -0.4 is 19.6 Å². The number of nitrogens with zero attached hydrogens (tertiary/aromatic N) is 1. The Morgan fingerprint density at radius 1 is 0.970 bits per heavy atom. The minimum atomic E-state index is -0.155. The second kappa shape index (κ2) is 13.2. The first-order valence-electron chi connectivity index (χ1n) is 10.6. The van der Waals surface area contributed by atoms with Crippen molar-refractivity contribution in [2.24, 2.45) is 5.10 Å². The topological polar surface area (TPSA) is 69.2 Å². The molecule has 0 aromatic heterocycles. The Morgan fingerprint density at radius 2 is 1.76 bits per heavy atom. The number of hydrogen-bond acceptors (Lipinski definition) is 6. The van der Waals surface area contributed by atoms with Crippen molar-refractivity contribution in [2.45, 2.75) is 19.3 Å². The van der Waals surface area contributed by atoms with Crippen LogP contribution >= 0.6 is 11.8 Å². The highest BCUT2D eigenvalue weighted by atomic mass is 32.2. The fourth-order valence-corrected chi connectivity index (χ4v) is 3.70. The van der Waals surface area contributed by atoms with Crippen molar-refractivity contribution in [1.29, 1.82) is 0 Å². The molecule has 0 aliphatic heterocycles. The number of amides is 1. The monoisotopic (exact) mass is 464 g/mol. The molecule has 1 amide bonds. The molecule has 7 heteroatoms. The van der Waals surface area contributed by atoms with Gasteiger partial charge in [0.25, 0.3) is 0 Å². The zero-order valence-corrected chi connectivity index (χ0v) is 19.6. The molecular weight excluding hydrogens is 436 g/mol. The maximum atomic E-state index is 12.1. The zero-order chi connectivity index (χ0) is 23.3. The first kappa shape index (κ1) is 24.2. The van der Waals surface area contributed by atoms with Crippen molar-refractivity contribution in [2.75, 3.05) is 19.5 Å². The fraction of sp³-hybridized carbons (Fsp3) is 0.231. The summed E-state index contributed by atoms with van der Waals surface area (Å²) >= 11 is 1.53. The number of ether oxygens (including phenoxy) is 3. The molecule has 0 saturated heterocycles. The Labute approximate surface area is 199 Å². The van der Waals surface area contributed by atoms with Crippen molar-refractivity contribution in [3.63, 3.8) is 0 Å². The summed E-state index contributed by atoms with van der Waals surface area (Å²) in [5.41, 5.74) is 5.58. The van der Waals surface area contributed by atoms with Crippen molar-refractivity contribution in [3.8, 4) is 17.2 Å². The Balaban J connectivity index is 1.47. The van der Waals surface area contributed by atoms with Crippen LogP contribution in [-0.2, 0) is 17.2 Å². The maximum absolute atomic E-state index is 12.1. The van der Waals surface area contributed by atoms with Gasteiger partial charge < -0.3 is 14.2 Å². The first-order valence-corrected chi connectivity index (χ1v) is 11.8. The van der Waals surface area contributed by atoms with Crippen LogP contribution in [0.3, 0.4) is 0 Å². The van der Waals surface area contributed by atoms with E-state index in [0.29, 0.717) is 30.5 Å². The maximum Gasteiger partial charge on any atom is 0.250 e. The lowest BCUT2D eigenvalue weighted by atomic mass is 10.2. The van der Waals surface area contributed by atoms with Crippen molar-refractivity contribution >= 4 is 23.9 Å². The molecule has 3 rings (SSSR count). The fourth-order valence-electron chi connectivity index (χ4n) is 2.92. The van der Waals surface area contributed by atoms with Gasteiger partial charge in [0.15, 0.2) is 11.5 Å². The Kier molecular flexibility index (Phi) is 9.66. The van der Waals surface area contributed by atoms with Gasteiger partial charge >= 0.3 is 0 Å². The summed E-state index contributed by atoms with van der Waals surface area (Å²) in [5.74, 6) is 3.02. The van der Waals surface area contributed by atoms with Gasteiger partial charge in [-0.1, -0.05) is 42.5 Å². The average Bonchev–Trinajstić information content (AvgIpc) is 2.85. The normalized spacial score (nSPS) is 10.7. The predicted molar refractivity (Wildman–Crippen MR) is 133 cm³/mol. The zero-order valence-electron chi connectivity index (χ0n) is 18.8. The number of methoxy groups -OCH3 is 1. The average molecular weight is 465 g/mol. The SMILES string of the molecule is CCOc1cc(C=NNC(=O)CSCc2ccc(OC)cc2)ccc1OCc1ccccc1. The molecule has 0 saturated carbocycles. The molecule has 0 fully saturated rings. The van der Waals surface area contributed by atoms with Gasteiger partial charge in [0.2, 0.25) is 5.91 Å². The first-order chi connectivity index (χ1) is 16.2. The van der Waals surface area contributed by atoms with Gasteiger partial charge in [-0.05, 0) is 53.9 Å². The molecule has 172 valence electrons. The van der Waals surface area contributed by atoms with Crippen LogP contribution in [0.2, 0.25) is 0 Å². The summed E-state index contributed by atoms with van der Waals surface area (Å²) in [6.45, 7) is 2.90. The quantitative estimate of drug-likeness (QED) is 0.300. The number of carbonyl (C=O) groups excluding carboxylic acids is 1. The second-order valence-corrected chi connectivity index (χ2v) is 8.03. The third kappa shape index (κ3) is 8.20. The number of hydrazone groups is 1. The van der Waals surface area contributed by atoms with Crippen LogP contribution in [0.1, 0.15) is 23.6 Å². The molecule has 3 aromatic rings. The molecule has 3 aromatic carbocycles. The van der Waals surface area contributed by atoms with E-state index in [0.717, 1.165) is 28.2 Å². The predicted octanol–water partition coefficient (Wildman–Crippen LogP) is 5.06. The van der Waals surface area contributed by atoms with E-state index in [1.165, 1.54) is 11.8 Å². The highest BCUT2D eigenvalue weighted by Crippen LogP contribution is 2.29. The second-order valence-electron chi connectivity index (χ2n) is 7.05. The standard InChI is InChI=1S/C26H28N2O4S/c1-3-31-25-15-22(11-14-24(25)32-17-20-7-5-4-6-8-20)16-27-28-26(29)19-33-18-21-9-12-23(30-2)13-10-21/h4-16H,3,17-19H2,1-2H3,(H,28,29). The molecule has 0 atom stereocenters. The summed E-state index contributed by atoms with van der Waals surface area (Å²) in [4.78, 5) is 12.1. The minimum absolute atomic E-state index is 0.155. The highest BCUT2D eigenvalue weighted by molar-refractivity contribution is 7.99. The summed E-state index contributed by atoms with van der Waals surface area (Å²) in [5, 5.41) is 4.06. The third-order valence-corrected chi connectivity index (χ3v) is 5.57. The molecule has 6 nitrogen and oxygen atoms in total. The molecular formula is C26H28N2O4S. The molecule has 0 spiro atoms. The summed E-state index contributed by atoms with van der Waals surface area (Å²) in [6, 6.07) is 23.3. The Hall–Kier alpha value is -3.45. The van der Waals surface area contributed by atoms with E-state index >= 15 is 0 Å². The van der Waals surface area contributed by atoms with Crippen molar-refractivity contribution < 1.29 is 19.0 Å². The number of thioether (sulfide) groups is 1. The van der Waals surface area contributed by atoms with Gasteiger partial charge in [0.05, 0.1) is 25.7 Å². The number of carbonyl (C=O) groups is 1. The molecule has 1 N–H and O–H groups in total. The molecule has 0 radical (unpaired) electrons. The van der Waals surface area contributed by atoms with E-state index < -0.39 is 0 Å². The smallest absolute Gasteiger partial charge is 0.250 e. The Morgan fingerprint density at radius 3 is 2.48 bits per heavy atom. The van der Waals surface area contributed by atoms with E-state index in [-0.39, 0.29) is 5.91 Å². The third-order valence-electron chi connectivity index (χ3n) is 4.57. The molecule has 0 heterocycles. The van der Waals surface area contributed by atoms with Gasteiger partial charge in [-0.25, -0.2) is 5.43 Å². The Bertz CT molecular complexity index is 1040. The largest absolute Gasteiger partial charge is 0.497 e. The van der Waals surface area contributed by atoms with Crippen LogP contribution in [-0.4, -0.2) is 31.6 Å². The van der Waals surface area contributed by atoms with Crippen LogP contribution in [0, 0.1) is 0 Å². The van der Waals surface area contributed by atoms with Crippen LogP contribution in [0.4, 0.5) is 0 Å². The number of benzene rings is 3. The van der Waals surface area contributed by atoms with Crippen LogP contribution in [0.15, 0.2) is 77.9 Å². The summed E-state index contributed by atoms with van der Waals surface area (Å²) < 4.78 is 16.8. The lowest BCUT2D eigenvalue weighted by Gasteiger charge is -2.12. The minimum Gasteiger partial charge on any atom is -0.497 e. The van der Waals surface area contributed by atoms with Crippen LogP contribution in [0.5, 0.6) is 17.2 Å². The van der Waals surface area contributed by atoms with Crippen molar-refractivity contribution in [3.05, 3.63) is 89.5 Å². The molecule has 0 bridgehead atoms. The van der Waals surface area contributed by atoms with Gasteiger partial charge in [-0.3, -0.25) is 4.79 Å². The van der Waals surface area contributed by atoms with E-state index in [1.807, 2.05) is 79.7 Å². The van der Waals surface area contributed by atoms with Gasteiger partial charge in [-0.15, -0.1) is 11.8 Å². The lowest BCUT2D eigenvalue weighted by molar-refractivity contribution is -0.118. The molecule has 0 unspecified atom stereocenters. The summed E-state index contributed by atoms with van der Waals surface area (Å²) in [7, 11) is 1.64. The van der Waals surface area contributed by atoms with E-state index in [4.69, 9.17) is 14.2 Å². The van der Waals surface area contributed by atoms with Crippen molar-refractivity contribution in [1.82, 2.24) is 5.43 Å². The highest BCUT2D eigenvalue weighted by Gasteiger charge is 2.07. The molecule has 33 heavy (non-hydrogen) atoms. The van der Waals surface area contributed by atoms with Crippen LogP contribution in [0.25, 0.3) is 0 Å². The lowest BCUT2D eigenvalue weighted by Crippen LogP contribution is -2.19. The van der Waals surface area contributed by atoms with E-state index in [9.17, 15) is 4.79 Å².